The zero-order valence-corrected chi connectivity index (χ0v) is 17.3. The number of rotatable bonds is 6. The van der Waals surface area contributed by atoms with Gasteiger partial charge in [-0.2, -0.15) is 18.2 Å². The van der Waals surface area contributed by atoms with E-state index in [9.17, 15) is 18.0 Å². The molecule has 0 spiro atoms. The van der Waals surface area contributed by atoms with Gasteiger partial charge in [-0.25, -0.2) is 0 Å². The standard InChI is InChI=1S/C23H23F3N4O2/c24-23(25,26)19-10-4-9-18(12-19)22(31)27-13-16-6-5-11-30(14-16)15-20-28-21(29-32-20)17-7-2-1-3-8-17/h1-4,7-10,12,16H,5-6,11,13-15H2,(H,27,31)/t16-/m0/s1. The van der Waals surface area contributed by atoms with Gasteiger partial charge in [-0.3, -0.25) is 9.69 Å². The number of nitrogens with one attached hydrogen (secondary N) is 1. The Morgan fingerprint density at radius 3 is 2.75 bits per heavy atom. The summed E-state index contributed by atoms with van der Waals surface area (Å²) in [5, 5.41) is 6.81. The quantitative estimate of drug-likeness (QED) is 0.610. The van der Waals surface area contributed by atoms with Crippen molar-refractivity contribution in [3.05, 3.63) is 71.6 Å². The number of hydrogen-bond acceptors (Lipinski definition) is 5. The molecule has 0 saturated carbocycles. The van der Waals surface area contributed by atoms with Crippen LogP contribution in [0, 0.1) is 5.92 Å². The number of alkyl halides is 3. The van der Waals surface area contributed by atoms with Crippen LogP contribution in [0.1, 0.15) is 34.7 Å². The van der Waals surface area contributed by atoms with E-state index in [2.05, 4.69) is 20.4 Å². The second kappa shape index (κ2) is 9.52. The van der Waals surface area contributed by atoms with Gasteiger partial charge in [0.1, 0.15) is 0 Å². The minimum atomic E-state index is -4.48. The van der Waals surface area contributed by atoms with Gasteiger partial charge in [-0.05, 0) is 43.5 Å². The Balaban J connectivity index is 1.30. The third kappa shape index (κ3) is 5.53. The maximum atomic E-state index is 12.9. The molecule has 0 radical (unpaired) electrons. The molecule has 1 fully saturated rings. The first-order valence-corrected chi connectivity index (χ1v) is 10.4. The van der Waals surface area contributed by atoms with Gasteiger partial charge < -0.3 is 9.84 Å². The van der Waals surface area contributed by atoms with Gasteiger partial charge in [-0.15, -0.1) is 0 Å². The summed E-state index contributed by atoms with van der Waals surface area (Å²) in [7, 11) is 0. The van der Waals surface area contributed by atoms with Crippen molar-refractivity contribution in [1.82, 2.24) is 20.4 Å². The topological polar surface area (TPSA) is 71.3 Å². The van der Waals surface area contributed by atoms with Crippen molar-refractivity contribution in [1.29, 1.82) is 0 Å². The molecular weight excluding hydrogens is 421 g/mol. The van der Waals surface area contributed by atoms with Crippen molar-refractivity contribution < 1.29 is 22.5 Å². The van der Waals surface area contributed by atoms with Crippen LogP contribution in [-0.4, -0.2) is 40.6 Å². The lowest BCUT2D eigenvalue weighted by molar-refractivity contribution is -0.137. The average molecular weight is 444 g/mol. The zero-order chi connectivity index (χ0) is 22.6. The lowest BCUT2D eigenvalue weighted by atomic mass is 9.98. The fourth-order valence-electron chi connectivity index (χ4n) is 3.85. The second-order valence-electron chi connectivity index (χ2n) is 7.91. The van der Waals surface area contributed by atoms with Crippen LogP contribution in [0.4, 0.5) is 13.2 Å². The smallest absolute Gasteiger partial charge is 0.352 e. The largest absolute Gasteiger partial charge is 0.416 e. The lowest BCUT2D eigenvalue weighted by Gasteiger charge is -2.31. The molecule has 1 aliphatic heterocycles. The van der Waals surface area contributed by atoms with Gasteiger partial charge in [-0.1, -0.05) is 41.6 Å². The Kier molecular flexibility index (Phi) is 6.55. The highest BCUT2D eigenvalue weighted by atomic mass is 19.4. The molecule has 2 aromatic carbocycles. The monoisotopic (exact) mass is 444 g/mol. The number of aromatic nitrogens is 2. The Morgan fingerprint density at radius 1 is 1.16 bits per heavy atom. The number of piperidine rings is 1. The van der Waals surface area contributed by atoms with Gasteiger partial charge in [0.15, 0.2) is 0 Å². The number of likely N-dealkylation sites (tertiary alicyclic amines) is 1. The predicted molar refractivity (Wildman–Crippen MR) is 112 cm³/mol. The predicted octanol–water partition coefficient (Wildman–Crippen LogP) is 4.40. The molecule has 2 heterocycles. The average Bonchev–Trinajstić information content (AvgIpc) is 3.26. The highest BCUT2D eigenvalue weighted by Gasteiger charge is 2.31. The number of benzene rings is 2. The maximum Gasteiger partial charge on any atom is 0.416 e. The van der Waals surface area contributed by atoms with Crippen molar-refractivity contribution in [2.75, 3.05) is 19.6 Å². The number of amides is 1. The number of halogens is 3. The van der Waals surface area contributed by atoms with Crippen molar-refractivity contribution in [2.24, 2.45) is 5.92 Å². The molecule has 1 atom stereocenters. The van der Waals surface area contributed by atoms with Gasteiger partial charge in [0, 0.05) is 24.2 Å². The van der Waals surface area contributed by atoms with Crippen LogP contribution in [0.3, 0.4) is 0 Å². The van der Waals surface area contributed by atoms with Crippen LogP contribution in [0.15, 0.2) is 59.1 Å². The van der Waals surface area contributed by atoms with Crippen LogP contribution in [0.25, 0.3) is 11.4 Å². The minimum absolute atomic E-state index is 0.00629. The Hall–Kier alpha value is -3.20. The third-order valence-corrected chi connectivity index (χ3v) is 5.47. The van der Waals surface area contributed by atoms with Gasteiger partial charge in [0.2, 0.25) is 11.7 Å². The Morgan fingerprint density at radius 2 is 1.97 bits per heavy atom. The maximum absolute atomic E-state index is 12.9. The summed E-state index contributed by atoms with van der Waals surface area (Å²) >= 11 is 0. The fraction of sp³-hybridized carbons (Fsp3) is 0.348. The molecule has 0 unspecified atom stereocenters. The molecule has 1 N–H and O–H groups in total. The van der Waals surface area contributed by atoms with Gasteiger partial charge in [0.25, 0.3) is 5.91 Å². The van der Waals surface area contributed by atoms with E-state index < -0.39 is 17.6 Å². The molecule has 6 nitrogen and oxygen atoms in total. The van der Waals surface area contributed by atoms with E-state index in [4.69, 9.17) is 4.52 Å². The molecule has 1 aromatic heterocycles. The molecular formula is C23H23F3N4O2. The molecule has 4 rings (SSSR count). The molecule has 1 amide bonds. The van der Waals surface area contributed by atoms with E-state index in [0.29, 0.717) is 24.8 Å². The Bertz CT molecular complexity index is 1050. The molecule has 1 saturated heterocycles. The molecule has 168 valence electrons. The van der Waals surface area contributed by atoms with E-state index in [0.717, 1.165) is 43.6 Å². The lowest BCUT2D eigenvalue weighted by Crippen LogP contribution is -2.40. The summed E-state index contributed by atoms with van der Waals surface area (Å²) < 4.78 is 44.0. The summed E-state index contributed by atoms with van der Waals surface area (Å²) in [5.41, 5.74) is 0.0616. The summed E-state index contributed by atoms with van der Waals surface area (Å²) in [5.74, 6) is 0.757. The van der Waals surface area contributed by atoms with Crippen LogP contribution in [0.2, 0.25) is 0 Å². The van der Waals surface area contributed by atoms with Crippen molar-refractivity contribution in [2.45, 2.75) is 25.6 Å². The van der Waals surface area contributed by atoms with E-state index in [1.807, 2.05) is 30.3 Å². The Labute approximate surface area is 183 Å². The normalized spacial score (nSPS) is 17.3. The van der Waals surface area contributed by atoms with Crippen LogP contribution >= 0.6 is 0 Å². The molecule has 0 bridgehead atoms. The first kappa shape index (κ1) is 22.0. The van der Waals surface area contributed by atoms with Crippen LogP contribution in [-0.2, 0) is 12.7 Å². The summed E-state index contributed by atoms with van der Waals surface area (Å²) in [6, 6.07) is 14.0. The molecule has 0 aliphatic carbocycles. The first-order chi connectivity index (χ1) is 15.4. The fourth-order valence-corrected chi connectivity index (χ4v) is 3.85. The summed E-state index contributed by atoms with van der Waals surface area (Å²) in [4.78, 5) is 19.0. The highest BCUT2D eigenvalue weighted by Crippen LogP contribution is 2.29. The number of nitrogens with zero attached hydrogens (tertiary/aromatic N) is 3. The molecule has 32 heavy (non-hydrogen) atoms. The van der Waals surface area contributed by atoms with Gasteiger partial charge >= 0.3 is 6.18 Å². The third-order valence-electron chi connectivity index (χ3n) is 5.47. The number of hydrogen-bond donors (Lipinski definition) is 1. The van der Waals surface area contributed by atoms with E-state index >= 15 is 0 Å². The number of carbonyl (C=O) groups is 1. The molecule has 1 aliphatic rings. The highest BCUT2D eigenvalue weighted by molar-refractivity contribution is 5.94. The number of carbonyl (C=O) groups excluding carboxylic acids is 1. The van der Waals surface area contributed by atoms with E-state index in [-0.39, 0.29) is 11.5 Å². The van der Waals surface area contributed by atoms with Crippen LogP contribution in [0.5, 0.6) is 0 Å². The van der Waals surface area contributed by atoms with E-state index in [1.165, 1.54) is 12.1 Å². The van der Waals surface area contributed by atoms with E-state index in [1.54, 1.807) is 0 Å². The molecule has 9 heteroatoms. The zero-order valence-electron chi connectivity index (χ0n) is 17.3. The van der Waals surface area contributed by atoms with Crippen LogP contribution < -0.4 is 5.32 Å². The summed E-state index contributed by atoms with van der Waals surface area (Å²) in [6.07, 6.45) is -2.60. The van der Waals surface area contributed by atoms with Crippen molar-refractivity contribution >= 4 is 5.91 Å². The summed E-state index contributed by atoms with van der Waals surface area (Å²) in [6.45, 7) is 2.51. The minimum Gasteiger partial charge on any atom is -0.352 e. The van der Waals surface area contributed by atoms with Gasteiger partial charge in [0.05, 0.1) is 12.1 Å². The second-order valence-corrected chi connectivity index (χ2v) is 7.91. The van der Waals surface area contributed by atoms with Crippen molar-refractivity contribution in [3.8, 4) is 11.4 Å². The first-order valence-electron chi connectivity index (χ1n) is 10.4. The van der Waals surface area contributed by atoms with Crippen molar-refractivity contribution in [3.63, 3.8) is 0 Å². The SMILES string of the molecule is O=C(NC[C@@H]1CCCN(Cc2nc(-c3ccccc3)no2)C1)c1cccc(C(F)(F)F)c1. The molecule has 3 aromatic rings.